The normalized spacial score (nSPS) is 14.1. The van der Waals surface area contributed by atoms with E-state index in [4.69, 9.17) is 5.73 Å². The van der Waals surface area contributed by atoms with Crippen LogP contribution in [-0.2, 0) is 25.7 Å². The molecule has 0 spiro atoms. The lowest BCUT2D eigenvalue weighted by Gasteiger charge is -2.15. The van der Waals surface area contributed by atoms with Gasteiger partial charge < -0.3 is 5.73 Å². The van der Waals surface area contributed by atoms with E-state index in [0.29, 0.717) is 0 Å². The van der Waals surface area contributed by atoms with Crippen molar-refractivity contribution in [1.82, 2.24) is 0 Å². The monoisotopic (exact) mass is 273 g/mol. The molecule has 21 heavy (non-hydrogen) atoms. The molecular formula is C20H19N. The fourth-order valence-corrected chi connectivity index (χ4v) is 3.44. The molecule has 0 heterocycles. The van der Waals surface area contributed by atoms with E-state index in [9.17, 15) is 0 Å². The van der Waals surface area contributed by atoms with Gasteiger partial charge in [0.25, 0.3) is 0 Å². The van der Waals surface area contributed by atoms with E-state index in [-0.39, 0.29) is 0 Å². The minimum atomic E-state index is 0.951. The van der Waals surface area contributed by atoms with Crippen LogP contribution in [0.15, 0.2) is 54.6 Å². The highest BCUT2D eigenvalue weighted by molar-refractivity contribution is 5.88. The van der Waals surface area contributed by atoms with Crippen molar-refractivity contribution in [3.63, 3.8) is 0 Å². The molecule has 0 radical (unpaired) electrons. The second-order valence-corrected chi connectivity index (χ2v) is 5.96. The summed E-state index contributed by atoms with van der Waals surface area (Å²) in [7, 11) is 0. The fourth-order valence-electron chi connectivity index (χ4n) is 3.44. The first-order valence-electron chi connectivity index (χ1n) is 7.68. The van der Waals surface area contributed by atoms with Crippen LogP contribution in [0.5, 0.6) is 0 Å². The Labute approximate surface area is 125 Å². The van der Waals surface area contributed by atoms with Gasteiger partial charge in [0.15, 0.2) is 0 Å². The highest BCUT2D eigenvalue weighted by Gasteiger charge is 2.10. The van der Waals surface area contributed by atoms with Crippen molar-refractivity contribution in [2.75, 3.05) is 5.73 Å². The third-order valence-electron chi connectivity index (χ3n) is 4.66. The molecule has 3 aromatic carbocycles. The predicted molar refractivity (Wildman–Crippen MR) is 89.6 cm³/mol. The van der Waals surface area contributed by atoms with E-state index in [1.807, 2.05) is 0 Å². The van der Waals surface area contributed by atoms with Gasteiger partial charge in [0.05, 0.1) is 0 Å². The SMILES string of the molecule is Nc1cc2ccc1CCc1ccc(c3ccccc13)CC2. The van der Waals surface area contributed by atoms with Gasteiger partial charge in [0.2, 0.25) is 0 Å². The average molecular weight is 273 g/mol. The van der Waals surface area contributed by atoms with E-state index in [0.717, 1.165) is 31.4 Å². The summed E-state index contributed by atoms with van der Waals surface area (Å²) in [5.74, 6) is 0. The van der Waals surface area contributed by atoms with Crippen LogP contribution in [-0.4, -0.2) is 0 Å². The molecule has 1 nitrogen and oxygen atoms in total. The van der Waals surface area contributed by atoms with Gasteiger partial charge in [-0.05, 0) is 64.8 Å². The van der Waals surface area contributed by atoms with Gasteiger partial charge in [-0.15, -0.1) is 0 Å². The van der Waals surface area contributed by atoms with Crippen LogP contribution in [0.3, 0.4) is 0 Å². The number of anilines is 1. The van der Waals surface area contributed by atoms with Crippen molar-refractivity contribution < 1.29 is 0 Å². The van der Waals surface area contributed by atoms with Gasteiger partial charge in [-0.25, -0.2) is 0 Å². The molecule has 0 saturated heterocycles. The Hall–Kier alpha value is -2.28. The summed E-state index contributed by atoms with van der Waals surface area (Å²) in [6.07, 6.45) is 4.17. The maximum Gasteiger partial charge on any atom is 0.0349 e. The number of benzene rings is 3. The number of hydrogen-bond acceptors (Lipinski definition) is 1. The van der Waals surface area contributed by atoms with Gasteiger partial charge in [-0.3, -0.25) is 0 Å². The third kappa shape index (κ3) is 2.19. The Bertz CT molecular complexity index is 817. The van der Waals surface area contributed by atoms with E-state index < -0.39 is 0 Å². The van der Waals surface area contributed by atoms with Gasteiger partial charge in [-0.2, -0.15) is 0 Å². The highest BCUT2D eigenvalue weighted by Crippen LogP contribution is 2.27. The number of rotatable bonds is 0. The largest absolute Gasteiger partial charge is 0.398 e. The number of nitrogens with two attached hydrogens (primary N) is 1. The minimum absolute atomic E-state index is 0.951. The standard InChI is InChI=1S/C20H19N/c21-20-13-14-5-7-15-9-10-16(11-12-17(20)8-6-14)19-4-2-1-3-18(15)19/h1-4,6,8-10,13H,5,7,11-12,21H2. The summed E-state index contributed by atoms with van der Waals surface area (Å²) < 4.78 is 0. The van der Waals surface area contributed by atoms with Crippen LogP contribution >= 0.6 is 0 Å². The number of aryl methyl sites for hydroxylation is 4. The predicted octanol–water partition coefficient (Wildman–Crippen LogP) is 4.31. The molecule has 0 aromatic heterocycles. The van der Waals surface area contributed by atoms with Crippen LogP contribution < -0.4 is 5.73 Å². The summed E-state index contributed by atoms with van der Waals surface area (Å²) in [4.78, 5) is 0. The van der Waals surface area contributed by atoms with E-state index in [1.54, 1.807) is 0 Å². The Balaban J connectivity index is 1.90. The van der Waals surface area contributed by atoms with Crippen molar-refractivity contribution >= 4 is 16.5 Å². The second-order valence-electron chi connectivity index (χ2n) is 5.96. The molecular weight excluding hydrogens is 254 g/mol. The zero-order chi connectivity index (χ0) is 14.2. The Morgan fingerprint density at radius 1 is 0.619 bits per heavy atom. The fraction of sp³-hybridized carbons (Fsp3) is 0.200. The molecule has 4 bridgehead atoms. The summed E-state index contributed by atoms with van der Waals surface area (Å²) in [6.45, 7) is 0. The molecule has 4 aliphatic rings. The van der Waals surface area contributed by atoms with Gasteiger partial charge >= 0.3 is 0 Å². The maximum absolute atomic E-state index is 6.21. The Morgan fingerprint density at radius 2 is 1.19 bits per heavy atom. The summed E-state index contributed by atoms with van der Waals surface area (Å²) in [5.41, 5.74) is 12.6. The molecule has 0 aliphatic heterocycles. The maximum atomic E-state index is 6.21. The number of hydrogen-bond donors (Lipinski definition) is 1. The van der Waals surface area contributed by atoms with Crippen molar-refractivity contribution in [2.45, 2.75) is 25.7 Å². The van der Waals surface area contributed by atoms with E-state index in [1.165, 1.54) is 33.0 Å². The van der Waals surface area contributed by atoms with Crippen molar-refractivity contribution in [2.24, 2.45) is 0 Å². The van der Waals surface area contributed by atoms with Gasteiger partial charge in [-0.1, -0.05) is 48.5 Å². The zero-order valence-corrected chi connectivity index (χ0v) is 12.1. The molecule has 0 unspecified atom stereocenters. The molecule has 0 fully saturated rings. The molecule has 4 aliphatic carbocycles. The van der Waals surface area contributed by atoms with E-state index in [2.05, 4.69) is 54.6 Å². The number of nitrogen functional groups attached to an aromatic ring is 1. The zero-order valence-electron chi connectivity index (χ0n) is 12.1. The molecule has 0 saturated carbocycles. The molecule has 0 amide bonds. The second kappa shape index (κ2) is 4.92. The molecule has 104 valence electrons. The lowest BCUT2D eigenvalue weighted by molar-refractivity contribution is 0.936. The van der Waals surface area contributed by atoms with Crippen LogP contribution in [0.2, 0.25) is 0 Å². The van der Waals surface area contributed by atoms with Crippen LogP contribution in [0.1, 0.15) is 22.3 Å². The topological polar surface area (TPSA) is 26.0 Å². The Morgan fingerprint density at radius 3 is 1.86 bits per heavy atom. The summed E-state index contributed by atoms with van der Waals surface area (Å²) >= 11 is 0. The molecule has 0 atom stereocenters. The average Bonchev–Trinajstić information content (AvgIpc) is 2.50. The molecule has 2 N–H and O–H groups in total. The molecule has 3 aromatic rings. The first kappa shape index (κ1) is 12.5. The third-order valence-corrected chi connectivity index (χ3v) is 4.66. The van der Waals surface area contributed by atoms with Crippen molar-refractivity contribution in [3.05, 3.63) is 76.9 Å². The molecule has 7 rings (SSSR count). The van der Waals surface area contributed by atoms with Crippen LogP contribution in [0.4, 0.5) is 5.69 Å². The lowest BCUT2D eigenvalue weighted by Crippen LogP contribution is -2.03. The lowest BCUT2D eigenvalue weighted by atomic mass is 9.91. The quantitative estimate of drug-likeness (QED) is 0.607. The first-order chi connectivity index (χ1) is 10.3. The minimum Gasteiger partial charge on any atom is -0.398 e. The van der Waals surface area contributed by atoms with Gasteiger partial charge in [0.1, 0.15) is 0 Å². The van der Waals surface area contributed by atoms with E-state index >= 15 is 0 Å². The highest BCUT2D eigenvalue weighted by atomic mass is 14.6. The van der Waals surface area contributed by atoms with Crippen molar-refractivity contribution in [3.8, 4) is 0 Å². The smallest absolute Gasteiger partial charge is 0.0349 e. The van der Waals surface area contributed by atoms with Gasteiger partial charge in [0, 0.05) is 5.69 Å². The van der Waals surface area contributed by atoms with Crippen LogP contribution in [0.25, 0.3) is 10.8 Å². The van der Waals surface area contributed by atoms with Crippen molar-refractivity contribution in [1.29, 1.82) is 0 Å². The Kier molecular flexibility index (Phi) is 2.92. The molecule has 1 heteroatoms. The first-order valence-corrected chi connectivity index (χ1v) is 7.68. The van der Waals surface area contributed by atoms with Crippen LogP contribution in [0, 0.1) is 0 Å². The summed E-state index contributed by atoms with van der Waals surface area (Å²) in [6, 6.07) is 20.0. The summed E-state index contributed by atoms with van der Waals surface area (Å²) in [5, 5.41) is 2.82.